The van der Waals surface area contributed by atoms with E-state index in [2.05, 4.69) is 18.7 Å². The first kappa shape index (κ1) is 15.0. The van der Waals surface area contributed by atoms with Crippen LogP contribution >= 0.6 is 0 Å². The van der Waals surface area contributed by atoms with Crippen LogP contribution in [0.4, 0.5) is 0 Å². The summed E-state index contributed by atoms with van der Waals surface area (Å²) >= 11 is 0. The van der Waals surface area contributed by atoms with Gasteiger partial charge in [-0.25, -0.2) is 0 Å². The molecule has 1 rings (SSSR count). The van der Waals surface area contributed by atoms with Gasteiger partial charge in [-0.3, -0.25) is 0 Å². The highest BCUT2D eigenvalue weighted by Gasteiger charge is 2.12. The van der Waals surface area contributed by atoms with Crippen LogP contribution in [0.15, 0.2) is 24.3 Å². The lowest BCUT2D eigenvalue weighted by molar-refractivity contribution is 0.0649. The van der Waals surface area contributed by atoms with Gasteiger partial charge in [0, 0.05) is 12.6 Å². The predicted molar refractivity (Wildman–Crippen MR) is 75.1 cm³/mol. The molecular weight excluding hydrogens is 226 g/mol. The van der Waals surface area contributed by atoms with Crippen LogP contribution in [0.5, 0.6) is 5.75 Å². The van der Waals surface area contributed by atoms with Gasteiger partial charge in [0.2, 0.25) is 0 Å². The number of aryl methyl sites for hydroxylation is 1. The molecular formula is C15H25NO2. The molecule has 0 saturated heterocycles. The maximum atomic E-state index is 9.93. The van der Waals surface area contributed by atoms with Gasteiger partial charge < -0.3 is 14.7 Å². The Bertz CT molecular complexity index is 354. The minimum absolute atomic E-state index is 0.338. The van der Waals surface area contributed by atoms with E-state index in [-0.39, 0.29) is 0 Å². The third-order valence-corrected chi connectivity index (χ3v) is 3.27. The lowest BCUT2D eigenvalue weighted by atomic mass is 10.2. The van der Waals surface area contributed by atoms with Crippen LogP contribution in [0.2, 0.25) is 0 Å². The SMILES string of the molecule is CCC(C)N(C)CC(O)COc1cccc(C)c1. The molecule has 1 aromatic rings. The maximum Gasteiger partial charge on any atom is 0.119 e. The zero-order valence-corrected chi connectivity index (χ0v) is 11.9. The lowest BCUT2D eigenvalue weighted by Crippen LogP contribution is -2.38. The Hall–Kier alpha value is -1.06. The smallest absolute Gasteiger partial charge is 0.119 e. The lowest BCUT2D eigenvalue weighted by Gasteiger charge is -2.26. The molecule has 0 spiro atoms. The van der Waals surface area contributed by atoms with Gasteiger partial charge in [0.15, 0.2) is 0 Å². The minimum atomic E-state index is -0.454. The van der Waals surface area contributed by atoms with Crippen molar-refractivity contribution < 1.29 is 9.84 Å². The van der Waals surface area contributed by atoms with Crippen LogP contribution in [0.3, 0.4) is 0 Å². The predicted octanol–water partition coefficient (Wildman–Crippen LogP) is 2.47. The van der Waals surface area contributed by atoms with E-state index in [0.717, 1.165) is 12.2 Å². The molecule has 0 saturated carbocycles. The van der Waals surface area contributed by atoms with Crippen LogP contribution < -0.4 is 4.74 Å². The second-order valence-corrected chi connectivity index (χ2v) is 4.98. The zero-order valence-electron chi connectivity index (χ0n) is 11.9. The van der Waals surface area contributed by atoms with Gasteiger partial charge in [-0.15, -0.1) is 0 Å². The molecule has 0 radical (unpaired) electrons. The number of ether oxygens (including phenoxy) is 1. The fourth-order valence-electron chi connectivity index (χ4n) is 1.77. The maximum absolute atomic E-state index is 9.93. The first-order chi connectivity index (χ1) is 8.52. The molecule has 102 valence electrons. The number of likely N-dealkylation sites (N-methyl/N-ethyl adjacent to an activating group) is 1. The molecule has 0 fully saturated rings. The summed E-state index contributed by atoms with van der Waals surface area (Å²) in [5.74, 6) is 0.820. The molecule has 3 nitrogen and oxygen atoms in total. The van der Waals surface area contributed by atoms with Crippen molar-refractivity contribution in [2.75, 3.05) is 20.2 Å². The molecule has 3 heteroatoms. The van der Waals surface area contributed by atoms with Gasteiger partial charge in [-0.2, -0.15) is 0 Å². The highest BCUT2D eigenvalue weighted by Crippen LogP contribution is 2.12. The van der Waals surface area contributed by atoms with Crippen molar-refractivity contribution in [3.05, 3.63) is 29.8 Å². The van der Waals surface area contributed by atoms with E-state index in [4.69, 9.17) is 4.74 Å². The number of hydrogen-bond donors (Lipinski definition) is 1. The summed E-state index contributed by atoms with van der Waals surface area (Å²) in [5, 5.41) is 9.93. The number of rotatable bonds is 7. The van der Waals surface area contributed by atoms with Crippen molar-refractivity contribution in [3.63, 3.8) is 0 Å². The van der Waals surface area contributed by atoms with Crippen molar-refractivity contribution in [3.8, 4) is 5.75 Å². The number of aliphatic hydroxyl groups excluding tert-OH is 1. The molecule has 0 heterocycles. The van der Waals surface area contributed by atoms with E-state index in [1.54, 1.807) is 0 Å². The standard InChI is InChI=1S/C15H25NO2/c1-5-13(3)16(4)10-14(17)11-18-15-8-6-7-12(2)9-15/h6-9,13-14,17H,5,10-11H2,1-4H3. The van der Waals surface area contributed by atoms with Gasteiger partial charge in [0.1, 0.15) is 18.5 Å². The number of hydrogen-bond acceptors (Lipinski definition) is 3. The van der Waals surface area contributed by atoms with Gasteiger partial charge in [0.05, 0.1) is 0 Å². The molecule has 0 aromatic heterocycles. The molecule has 0 aliphatic heterocycles. The van der Waals surface area contributed by atoms with Crippen LogP contribution in [-0.4, -0.2) is 42.4 Å². The van der Waals surface area contributed by atoms with Gasteiger partial charge in [-0.1, -0.05) is 19.1 Å². The van der Waals surface area contributed by atoms with E-state index in [0.29, 0.717) is 19.2 Å². The van der Waals surface area contributed by atoms with Crippen LogP contribution in [0.1, 0.15) is 25.8 Å². The van der Waals surface area contributed by atoms with Gasteiger partial charge in [0.25, 0.3) is 0 Å². The van der Waals surface area contributed by atoms with Crippen molar-refractivity contribution in [1.29, 1.82) is 0 Å². The number of benzene rings is 1. The first-order valence-electron chi connectivity index (χ1n) is 6.60. The van der Waals surface area contributed by atoms with Crippen molar-refractivity contribution in [2.24, 2.45) is 0 Å². The highest BCUT2D eigenvalue weighted by molar-refractivity contribution is 5.27. The summed E-state index contributed by atoms with van der Waals surface area (Å²) in [6.07, 6.45) is 0.631. The Balaban J connectivity index is 2.35. The Kier molecular flexibility index (Phi) is 6.16. The summed E-state index contributed by atoms with van der Waals surface area (Å²) < 4.78 is 5.59. The molecule has 0 aliphatic rings. The van der Waals surface area contributed by atoms with Crippen molar-refractivity contribution in [1.82, 2.24) is 4.90 Å². The van der Waals surface area contributed by atoms with E-state index in [9.17, 15) is 5.11 Å². The summed E-state index contributed by atoms with van der Waals surface area (Å²) in [7, 11) is 2.03. The third-order valence-electron chi connectivity index (χ3n) is 3.27. The Labute approximate surface area is 110 Å². The second-order valence-electron chi connectivity index (χ2n) is 4.98. The van der Waals surface area contributed by atoms with Crippen LogP contribution in [0.25, 0.3) is 0 Å². The normalized spacial score (nSPS) is 14.6. The van der Waals surface area contributed by atoms with E-state index < -0.39 is 6.10 Å². The monoisotopic (exact) mass is 251 g/mol. The molecule has 18 heavy (non-hydrogen) atoms. The molecule has 0 bridgehead atoms. The van der Waals surface area contributed by atoms with Crippen LogP contribution in [0, 0.1) is 6.92 Å². The van der Waals surface area contributed by atoms with Crippen molar-refractivity contribution in [2.45, 2.75) is 39.3 Å². The molecule has 1 aromatic carbocycles. The largest absolute Gasteiger partial charge is 0.491 e. The molecule has 1 N–H and O–H groups in total. The zero-order chi connectivity index (χ0) is 13.5. The van der Waals surface area contributed by atoms with E-state index in [1.165, 1.54) is 5.56 Å². The third kappa shape index (κ3) is 5.07. The fourth-order valence-corrected chi connectivity index (χ4v) is 1.77. The number of aliphatic hydroxyl groups is 1. The highest BCUT2D eigenvalue weighted by atomic mass is 16.5. The quantitative estimate of drug-likeness (QED) is 0.808. The van der Waals surface area contributed by atoms with Gasteiger partial charge in [-0.05, 0) is 45.0 Å². The second kappa shape index (κ2) is 7.39. The summed E-state index contributed by atoms with van der Waals surface area (Å²) in [6, 6.07) is 8.37. The van der Waals surface area contributed by atoms with Crippen LogP contribution in [-0.2, 0) is 0 Å². The molecule has 0 aliphatic carbocycles. The molecule has 2 atom stereocenters. The minimum Gasteiger partial charge on any atom is -0.491 e. The summed E-state index contributed by atoms with van der Waals surface area (Å²) in [5.41, 5.74) is 1.17. The molecule has 2 unspecified atom stereocenters. The summed E-state index contributed by atoms with van der Waals surface area (Å²) in [6.45, 7) is 7.32. The fraction of sp³-hybridized carbons (Fsp3) is 0.600. The Morgan fingerprint density at radius 3 is 2.72 bits per heavy atom. The topological polar surface area (TPSA) is 32.7 Å². The average Bonchev–Trinajstić information content (AvgIpc) is 2.35. The van der Waals surface area contributed by atoms with Crippen molar-refractivity contribution >= 4 is 0 Å². The number of nitrogens with zero attached hydrogens (tertiary/aromatic N) is 1. The Morgan fingerprint density at radius 2 is 2.11 bits per heavy atom. The van der Waals surface area contributed by atoms with E-state index >= 15 is 0 Å². The first-order valence-corrected chi connectivity index (χ1v) is 6.60. The molecule has 0 amide bonds. The average molecular weight is 251 g/mol. The van der Waals surface area contributed by atoms with E-state index in [1.807, 2.05) is 38.2 Å². The summed E-state index contributed by atoms with van der Waals surface area (Å²) in [4.78, 5) is 2.16. The Morgan fingerprint density at radius 1 is 1.39 bits per heavy atom. The van der Waals surface area contributed by atoms with Gasteiger partial charge >= 0.3 is 0 Å².